The first-order chi connectivity index (χ1) is 9.06. The highest BCUT2D eigenvalue weighted by Crippen LogP contribution is 2.22. The number of piperidine rings is 1. The maximum atomic E-state index is 12.4. The molecule has 0 aromatic carbocycles. The summed E-state index contributed by atoms with van der Waals surface area (Å²) in [7, 11) is 1.50. The van der Waals surface area contributed by atoms with Gasteiger partial charge in [-0.2, -0.15) is 0 Å². The first-order valence-electron chi connectivity index (χ1n) is 6.28. The lowest BCUT2D eigenvalue weighted by Crippen LogP contribution is -2.46. The minimum Gasteiger partial charge on any atom is -0.394 e. The number of aliphatic hydroxyl groups excluding tert-OH is 1. The lowest BCUT2D eigenvalue weighted by atomic mass is 10.0. The molecule has 0 aliphatic carbocycles. The van der Waals surface area contributed by atoms with Gasteiger partial charge in [-0.15, -0.1) is 0 Å². The number of carbonyl (C=O) groups excluding carboxylic acids is 1. The smallest absolute Gasteiger partial charge is 0.323 e. The molecule has 0 bridgehead atoms. The Hall–Kier alpha value is -1.89. The average Bonchev–Trinajstić information content (AvgIpc) is 2.80. The Kier molecular flexibility index (Phi) is 3.84. The number of rotatable bonds is 3. The van der Waals surface area contributed by atoms with Gasteiger partial charge in [-0.1, -0.05) is 0 Å². The molecule has 1 aliphatic rings. The number of nitrogens with zero attached hydrogens (tertiary/aromatic N) is 3. The van der Waals surface area contributed by atoms with Crippen LogP contribution in [0.4, 0.5) is 5.82 Å². The molecule has 1 aliphatic heterocycles. The van der Waals surface area contributed by atoms with Gasteiger partial charge in [0.2, 0.25) is 0 Å². The molecular weight excluding hydrogens is 250 g/mol. The standard InChI is InChI=1S/C12H17N3O4/c1-13-10(5-6-11(13)15(18)19)12(17)14-7-3-2-4-9(14)8-16/h5-6,9,16H,2-4,7-8H2,1H3. The Balaban J connectivity index is 2.26. The van der Waals surface area contributed by atoms with Gasteiger partial charge in [0.15, 0.2) is 5.69 Å². The van der Waals surface area contributed by atoms with Crippen LogP contribution in [0.2, 0.25) is 0 Å². The van der Waals surface area contributed by atoms with Crippen molar-refractivity contribution in [1.82, 2.24) is 9.47 Å². The van der Waals surface area contributed by atoms with Gasteiger partial charge in [-0.25, -0.2) is 4.57 Å². The van der Waals surface area contributed by atoms with Gasteiger partial charge >= 0.3 is 5.82 Å². The van der Waals surface area contributed by atoms with E-state index in [1.807, 2.05) is 0 Å². The molecule has 0 saturated carbocycles. The highest BCUT2D eigenvalue weighted by atomic mass is 16.6. The van der Waals surface area contributed by atoms with E-state index in [0.29, 0.717) is 6.54 Å². The zero-order valence-corrected chi connectivity index (χ0v) is 10.8. The van der Waals surface area contributed by atoms with Crippen LogP contribution in [0.25, 0.3) is 0 Å². The van der Waals surface area contributed by atoms with E-state index in [1.54, 1.807) is 4.90 Å². The summed E-state index contributed by atoms with van der Waals surface area (Å²) in [5.41, 5.74) is 0.284. The normalized spacial score (nSPS) is 19.5. The summed E-state index contributed by atoms with van der Waals surface area (Å²) in [6.45, 7) is 0.515. The van der Waals surface area contributed by atoms with E-state index < -0.39 is 4.92 Å². The lowest BCUT2D eigenvalue weighted by Gasteiger charge is -2.34. The van der Waals surface area contributed by atoms with Crippen molar-refractivity contribution in [3.05, 3.63) is 27.9 Å². The number of carbonyl (C=O) groups is 1. The monoisotopic (exact) mass is 267 g/mol. The van der Waals surface area contributed by atoms with E-state index in [1.165, 1.54) is 23.7 Å². The third-order valence-electron chi connectivity index (χ3n) is 3.60. The van der Waals surface area contributed by atoms with Crippen LogP contribution in [0.15, 0.2) is 12.1 Å². The van der Waals surface area contributed by atoms with Crippen molar-refractivity contribution in [2.75, 3.05) is 13.2 Å². The summed E-state index contributed by atoms with van der Waals surface area (Å²) in [5, 5.41) is 20.1. The van der Waals surface area contributed by atoms with E-state index in [9.17, 15) is 20.0 Å². The van der Waals surface area contributed by atoms with Crippen LogP contribution < -0.4 is 0 Å². The number of amides is 1. The van der Waals surface area contributed by atoms with Crippen molar-refractivity contribution in [3.63, 3.8) is 0 Å². The Morgan fingerprint density at radius 1 is 1.53 bits per heavy atom. The van der Waals surface area contributed by atoms with Gasteiger partial charge in [0.05, 0.1) is 19.7 Å². The van der Waals surface area contributed by atoms with Crippen LogP contribution in [-0.4, -0.2) is 44.6 Å². The van der Waals surface area contributed by atoms with Crippen molar-refractivity contribution in [3.8, 4) is 0 Å². The first kappa shape index (κ1) is 13.5. The van der Waals surface area contributed by atoms with Gasteiger partial charge in [-0.05, 0) is 30.3 Å². The summed E-state index contributed by atoms with van der Waals surface area (Å²) >= 11 is 0. The summed E-state index contributed by atoms with van der Waals surface area (Å²) in [5.74, 6) is -0.366. The molecular formula is C12H17N3O4. The predicted molar refractivity (Wildman–Crippen MR) is 67.8 cm³/mol. The Morgan fingerprint density at radius 2 is 2.26 bits per heavy atom. The van der Waals surface area contributed by atoms with Gasteiger partial charge in [0.1, 0.15) is 0 Å². The molecule has 7 heteroatoms. The molecule has 104 valence electrons. The van der Waals surface area contributed by atoms with E-state index >= 15 is 0 Å². The van der Waals surface area contributed by atoms with Crippen molar-refractivity contribution in [1.29, 1.82) is 0 Å². The summed E-state index contributed by atoms with van der Waals surface area (Å²) in [6.07, 6.45) is 2.66. The highest BCUT2D eigenvalue weighted by molar-refractivity contribution is 5.93. The van der Waals surface area contributed by atoms with Crippen molar-refractivity contribution < 1.29 is 14.8 Å². The number of nitro groups is 1. The predicted octanol–water partition coefficient (Wildman–Crippen LogP) is 0.920. The zero-order valence-electron chi connectivity index (χ0n) is 10.8. The molecule has 1 aromatic rings. The maximum Gasteiger partial charge on any atom is 0.323 e. The Bertz CT molecular complexity index is 497. The van der Waals surface area contributed by atoms with Crippen LogP contribution >= 0.6 is 0 Å². The number of aromatic nitrogens is 1. The van der Waals surface area contributed by atoms with Crippen LogP contribution in [-0.2, 0) is 7.05 Å². The molecule has 1 amide bonds. The molecule has 0 radical (unpaired) electrons. The number of hydrogen-bond acceptors (Lipinski definition) is 4. The van der Waals surface area contributed by atoms with Gasteiger partial charge in [-0.3, -0.25) is 4.79 Å². The van der Waals surface area contributed by atoms with Crippen molar-refractivity contribution in [2.45, 2.75) is 25.3 Å². The maximum absolute atomic E-state index is 12.4. The fraction of sp³-hybridized carbons (Fsp3) is 0.583. The second-order valence-electron chi connectivity index (χ2n) is 4.72. The largest absolute Gasteiger partial charge is 0.394 e. The Morgan fingerprint density at radius 3 is 2.84 bits per heavy atom. The average molecular weight is 267 g/mol. The molecule has 19 heavy (non-hydrogen) atoms. The molecule has 1 unspecified atom stereocenters. The molecule has 1 atom stereocenters. The topological polar surface area (TPSA) is 88.6 Å². The van der Waals surface area contributed by atoms with E-state index in [0.717, 1.165) is 19.3 Å². The van der Waals surface area contributed by atoms with E-state index in [2.05, 4.69) is 0 Å². The summed E-state index contributed by atoms with van der Waals surface area (Å²) in [4.78, 5) is 24.3. The minimum atomic E-state index is -0.517. The SMILES string of the molecule is Cn1c(C(=O)N2CCCCC2CO)ccc1[N+](=O)[O-]. The Labute approximate surface area is 110 Å². The summed E-state index contributed by atoms with van der Waals surface area (Å²) in [6, 6.07) is 2.60. The fourth-order valence-corrected chi connectivity index (χ4v) is 2.50. The zero-order chi connectivity index (χ0) is 14.0. The lowest BCUT2D eigenvalue weighted by molar-refractivity contribution is -0.391. The van der Waals surface area contributed by atoms with Crippen molar-refractivity contribution >= 4 is 11.7 Å². The van der Waals surface area contributed by atoms with Crippen LogP contribution in [0.5, 0.6) is 0 Å². The summed E-state index contributed by atoms with van der Waals surface area (Å²) < 4.78 is 1.28. The fourth-order valence-electron chi connectivity index (χ4n) is 2.50. The molecule has 1 aromatic heterocycles. The van der Waals surface area contributed by atoms with Gasteiger partial charge < -0.3 is 20.1 Å². The molecule has 2 rings (SSSR count). The number of likely N-dealkylation sites (tertiary alicyclic amines) is 1. The van der Waals surface area contributed by atoms with E-state index in [4.69, 9.17) is 0 Å². The highest BCUT2D eigenvalue weighted by Gasteiger charge is 2.31. The molecule has 1 saturated heterocycles. The van der Waals surface area contributed by atoms with Crippen molar-refractivity contribution in [2.24, 2.45) is 7.05 Å². The van der Waals surface area contributed by atoms with Crippen LogP contribution in [0.1, 0.15) is 29.8 Å². The molecule has 7 nitrogen and oxygen atoms in total. The van der Waals surface area contributed by atoms with Crippen LogP contribution in [0.3, 0.4) is 0 Å². The molecule has 2 heterocycles. The van der Waals surface area contributed by atoms with Crippen LogP contribution in [0, 0.1) is 10.1 Å². The minimum absolute atomic E-state index is 0.0712. The van der Waals surface area contributed by atoms with Gasteiger partial charge in [0, 0.05) is 12.6 Å². The third-order valence-corrected chi connectivity index (χ3v) is 3.60. The second kappa shape index (κ2) is 5.40. The molecule has 0 spiro atoms. The molecule has 1 fully saturated rings. The number of aliphatic hydroxyl groups is 1. The van der Waals surface area contributed by atoms with E-state index in [-0.39, 0.29) is 30.1 Å². The quantitative estimate of drug-likeness (QED) is 0.651. The molecule has 1 N–H and O–H groups in total. The first-order valence-corrected chi connectivity index (χ1v) is 6.28. The second-order valence-corrected chi connectivity index (χ2v) is 4.72. The van der Waals surface area contributed by atoms with Gasteiger partial charge in [0.25, 0.3) is 5.91 Å². The third kappa shape index (κ3) is 2.46. The number of hydrogen-bond donors (Lipinski definition) is 1.